The summed E-state index contributed by atoms with van der Waals surface area (Å²) in [6.45, 7) is 0.915. The molecule has 0 aromatic carbocycles. The molecule has 3 nitrogen and oxygen atoms in total. The molecule has 0 aromatic rings. The predicted molar refractivity (Wildman–Crippen MR) is 86.7 cm³/mol. The first-order valence-corrected chi connectivity index (χ1v) is 9.39. The minimum atomic E-state index is -0.920. The van der Waals surface area contributed by atoms with Crippen molar-refractivity contribution in [3.63, 3.8) is 0 Å². The van der Waals surface area contributed by atoms with E-state index in [9.17, 15) is 4.79 Å². The lowest BCUT2D eigenvalue weighted by Gasteiger charge is -2.52. The van der Waals surface area contributed by atoms with Crippen molar-refractivity contribution in [1.82, 2.24) is 10.2 Å². The third-order valence-corrected chi connectivity index (χ3v) is 6.04. The van der Waals surface area contributed by atoms with Crippen molar-refractivity contribution in [3.05, 3.63) is 0 Å². The smallest absolute Gasteiger partial charge is 0.256 e. The molecule has 21 heavy (non-hydrogen) atoms. The molecule has 3 atom stereocenters. The summed E-state index contributed by atoms with van der Waals surface area (Å²) in [6, 6.07) is 1.03. The van der Waals surface area contributed by atoms with Crippen LogP contribution >= 0.6 is 23.2 Å². The second-order valence-corrected chi connectivity index (χ2v) is 7.97. The molecule has 0 aromatic heterocycles. The summed E-state index contributed by atoms with van der Waals surface area (Å²) >= 11 is 11.9. The molecule has 1 aliphatic heterocycles. The van der Waals surface area contributed by atoms with Crippen molar-refractivity contribution in [2.24, 2.45) is 5.92 Å². The maximum Gasteiger partial charge on any atom is 0.256 e. The minimum Gasteiger partial charge on any atom is -0.331 e. The number of hydrogen-bond donors (Lipinski definition) is 1. The molecule has 1 N–H and O–H groups in total. The van der Waals surface area contributed by atoms with Crippen molar-refractivity contribution in [1.29, 1.82) is 0 Å². The van der Waals surface area contributed by atoms with Gasteiger partial charge in [-0.1, -0.05) is 55.3 Å². The number of nitrogens with one attached hydrogen (secondary N) is 1. The van der Waals surface area contributed by atoms with E-state index in [1.807, 2.05) is 0 Å². The fraction of sp³-hybridized carbons (Fsp3) is 0.938. The lowest BCUT2D eigenvalue weighted by molar-refractivity contribution is -0.140. The van der Waals surface area contributed by atoms with Gasteiger partial charge >= 0.3 is 0 Å². The summed E-state index contributed by atoms with van der Waals surface area (Å²) in [5, 5.41) is 3.71. The van der Waals surface area contributed by atoms with E-state index in [0.29, 0.717) is 18.0 Å². The molecule has 0 spiro atoms. The lowest BCUT2D eigenvalue weighted by Crippen LogP contribution is -2.67. The molecule has 2 aliphatic carbocycles. The highest BCUT2D eigenvalue weighted by molar-refractivity contribution is 6.53. The lowest BCUT2D eigenvalue weighted by atomic mass is 9.78. The van der Waals surface area contributed by atoms with E-state index in [1.54, 1.807) is 0 Å². The van der Waals surface area contributed by atoms with E-state index in [0.717, 1.165) is 13.0 Å². The second-order valence-electron chi connectivity index (χ2n) is 6.88. The van der Waals surface area contributed by atoms with Gasteiger partial charge in [0.05, 0.1) is 0 Å². The first kappa shape index (κ1) is 15.9. The first-order valence-electron chi connectivity index (χ1n) is 8.52. The Kier molecular flexibility index (Phi) is 5.34. The van der Waals surface area contributed by atoms with Crippen molar-refractivity contribution >= 4 is 29.1 Å². The largest absolute Gasteiger partial charge is 0.331 e. The Morgan fingerprint density at radius 3 is 2.33 bits per heavy atom. The van der Waals surface area contributed by atoms with E-state index in [-0.39, 0.29) is 11.9 Å². The Balaban J connectivity index is 1.81. The summed E-state index contributed by atoms with van der Waals surface area (Å²) in [4.78, 5) is 13.8. The summed E-state index contributed by atoms with van der Waals surface area (Å²) in [6.07, 6.45) is 11.1. The van der Waals surface area contributed by atoms with Gasteiger partial charge in [-0.15, -0.1) is 0 Å². The number of carbonyl (C=O) groups is 1. The Bertz CT molecular complexity index is 371. The van der Waals surface area contributed by atoms with Gasteiger partial charge in [0.25, 0.3) is 5.91 Å². The number of halogens is 2. The molecule has 0 radical (unpaired) electrons. The summed E-state index contributed by atoms with van der Waals surface area (Å²) in [5.41, 5.74) is 0. The zero-order valence-electron chi connectivity index (χ0n) is 12.6. The van der Waals surface area contributed by atoms with Crippen LogP contribution in [0.15, 0.2) is 0 Å². The van der Waals surface area contributed by atoms with Gasteiger partial charge in [0, 0.05) is 24.7 Å². The maximum atomic E-state index is 12.6. The standard InChI is InChI=1S/C16H26Cl2N2O/c17-15(18)16(21)20-13-9-5-4-8-12(13)19-10-14(20)11-6-2-1-3-7-11/h11-15,19H,1-10H2. The highest BCUT2D eigenvalue weighted by Crippen LogP contribution is 2.36. The van der Waals surface area contributed by atoms with Gasteiger partial charge in [-0.05, 0) is 31.6 Å². The van der Waals surface area contributed by atoms with Crippen molar-refractivity contribution in [2.45, 2.75) is 80.7 Å². The molecule has 120 valence electrons. The van der Waals surface area contributed by atoms with Gasteiger partial charge < -0.3 is 10.2 Å². The van der Waals surface area contributed by atoms with E-state index in [1.165, 1.54) is 51.4 Å². The van der Waals surface area contributed by atoms with Crippen LogP contribution in [0.1, 0.15) is 57.8 Å². The number of hydrogen-bond acceptors (Lipinski definition) is 2. The zero-order valence-corrected chi connectivity index (χ0v) is 14.1. The van der Waals surface area contributed by atoms with E-state index >= 15 is 0 Å². The van der Waals surface area contributed by atoms with Gasteiger partial charge in [0.2, 0.25) is 0 Å². The monoisotopic (exact) mass is 332 g/mol. The van der Waals surface area contributed by atoms with Crippen molar-refractivity contribution in [2.75, 3.05) is 6.54 Å². The normalized spacial score (nSPS) is 34.8. The summed E-state index contributed by atoms with van der Waals surface area (Å²) in [7, 11) is 0. The van der Waals surface area contributed by atoms with Crippen LogP contribution in [0.25, 0.3) is 0 Å². The summed E-state index contributed by atoms with van der Waals surface area (Å²) < 4.78 is 0. The fourth-order valence-electron chi connectivity index (χ4n) is 4.65. The SMILES string of the molecule is O=C(C(Cl)Cl)N1C(C2CCCCC2)CNC2CCCCC21. The van der Waals surface area contributed by atoms with E-state index in [4.69, 9.17) is 23.2 Å². The van der Waals surface area contributed by atoms with E-state index < -0.39 is 4.84 Å². The third-order valence-electron chi connectivity index (χ3n) is 5.67. The van der Waals surface area contributed by atoms with Gasteiger partial charge in [-0.3, -0.25) is 4.79 Å². The molecule has 5 heteroatoms. The Labute approximate surface area is 137 Å². The number of rotatable bonds is 2. The molecular weight excluding hydrogens is 307 g/mol. The number of piperazine rings is 1. The summed E-state index contributed by atoms with van der Waals surface area (Å²) in [5.74, 6) is 0.553. The molecule has 3 fully saturated rings. The van der Waals surface area contributed by atoms with Crippen LogP contribution in [0.2, 0.25) is 0 Å². The van der Waals surface area contributed by atoms with Crippen LogP contribution in [0.3, 0.4) is 0 Å². The molecule has 3 aliphatic rings. The van der Waals surface area contributed by atoms with Gasteiger partial charge in [0.1, 0.15) is 0 Å². The molecular formula is C16H26Cl2N2O. The van der Waals surface area contributed by atoms with Crippen molar-refractivity contribution < 1.29 is 4.79 Å². The van der Waals surface area contributed by atoms with Crippen LogP contribution in [0.4, 0.5) is 0 Å². The van der Waals surface area contributed by atoms with Crippen LogP contribution in [0, 0.1) is 5.92 Å². The maximum absolute atomic E-state index is 12.6. The van der Waals surface area contributed by atoms with Crippen LogP contribution < -0.4 is 5.32 Å². The number of carbonyl (C=O) groups excluding carboxylic acids is 1. The van der Waals surface area contributed by atoms with Gasteiger partial charge in [-0.2, -0.15) is 0 Å². The molecule has 1 saturated heterocycles. The predicted octanol–water partition coefficient (Wildman–Crippen LogP) is 3.48. The minimum absolute atomic E-state index is 0.0627. The average molecular weight is 333 g/mol. The molecule has 1 heterocycles. The topological polar surface area (TPSA) is 32.3 Å². The number of fused-ring (bicyclic) bond motifs is 1. The highest BCUT2D eigenvalue weighted by Gasteiger charge is 2.44. The average Bonchev–Trinajstić information content (AvgIpc) is 2.53. The van der Waals surface area contributed by atoms with Crippen LogP contribution in [0.5, 0.6) is 0 Å². The molecule has 3 rings (SSSR count). The fourth-order valence-corrected chi connectivity index (χ4v) is 4.88. The Hall–Kier alpha value is 0.01000. The zero-order chi connectivity index (χ0) is 14.8. The molecule has 3 unspecified atom stereocenters. The Morgan fingerprint density at radius 2 is 1.62 bits per heavy atom. The van der Waals surface area contributed by atoms with Gasteiger partial charge in [-0.25, -0.2) is 0 Å². The number of amides is 1. The third kappa shape index (κ3) is 3.35. The number of alkyl halides is 2. The molecule has 0 bridgehead atoms. The Morgan fingerprint density at radius 1 is 0.952 bits per heavy atom. The van der Waals surface area contributed by atoms with Crippen molar-refractivity contribution in [3.8, 4) is 0 Å². The quantitative estimate of drug-likeness (QED) is 0.785. The first-order chi connectivity index (χ1) is 10.2. The van der Waals surface area contributed by atoms with Crippen LogP contribution in [-0.4, -0.2) is 40.3 Å². The van der Waals surface area contributed by atoms with Crippen LogP contribution in [-0.2, 0) is 4.79 Å². The molecule has 1 amide bonds. The number of nitrogens with zero attached hydrogens (tertiary/aromatic N) is 1. The molecule has 2 saturated carbocycles. The second kappa shape index (κ2) is 7.06. The highest BCUT2D eigenvalue weighted by atomic mass is 35.5. The van der Waals surface area contributed by atoms with Gasteiger partial charge in [0.15, 0.2) is 4.84 Å². The van der Waals surface area contributed by atoms with E-state index in [2.05, 4.69) is 10.2 Å².